The lowest BCUT2D eigenvalue weighted by atomic mass is 10.2. The topological polar surface area (TPSA) is 94.3 Å². The fourth-order valence-electron chi connectivity index (χ4n) is 1.63. The molecule has 0 fully saturated rings. The van der Waals surface area contributed by atoms with Gasteiger partial charge in [-0.3, -0.25) is 0 Å². The van der Waals surface area contributed by atoms with E-state index in [1.807, 2.05) is 6.92 Å². The van der Waals surface area contributed by atoms with Crippen molar-refractivity contribution in [2.45, 2.75) is 33.8 Å². The van der Waals surface area contributed by atoms with Gasteiger partial charge in [0.05, 0.1) is 0 Å². The Morgan fingerprint density at radius 2 is 2.00 bits per heavy atom. The molecule has 7 heteroatoms. The highest BCUT2D eigenvalue weighted by Gasteiger charge is 2.04. The molecule has 0 bridgehead atoms. The van der Waals surface area contributed by atoms with Crippen LogP contribution in [0.1, 0.15) is 33.0 Å². The first-order chi connectivity index (χ1) is 10.2. The summed E-state index contributed by atoms with van der Waals surface area (Å²) in [6, 6.07) is 1.77. The first-order valence-electron chi connectivity index (χ1n) is 7.39. The predicted molar refractivity (Wildman–Crippen MR) is 83.9 cm³/mol. The van der Waals surface area contributed by atoms with Gasteiger partial charge in [0.25, 0.3) is 0 Å². The van der Waals surface area contributed by atoms with Crippen LogP contribution in [0.4, 0.5) is 11.6 Å². The summed E-state index contributed by atoms with van der Waals surface area (Å²) in [5.41, 5.74) is 2.54. The van der Waals surface area contributed by atoms with E-state index < -0.39 is 0 Å². The van der Waals surface area contributed by atoms with E-state index in [0.717, 1.165) is 32.0 Å². The highest BCUT2D eigenvalue weighted by atomic mass is 16.5. The van der Waals surface area contributed by atoms with Gasteiger partial charge in [0.1, 0.15) is 18.2 Å². The Balaban J connectivity index is 2.39. The number of rotatable bonds is 11. The van der Waals surface area contributed by atoms with Crippen LogP contribution in [-0.4, -0.2) is 36.3 Å². The molecule has 1 aromatic heterocycles. The number of nitrogens with one attached hydrogen (secondary N) is 2. The maximum Gasteiger partial charge on any atom is 0.158 e. The zero-order valence-corrected chi connectivity index (χ0v) is 13.2. The van der Waals surface area contributed by atoms with Gasteiger partial charge in [-0.15, -0.1) is 0 Å². The number of anilines is 2. The quantitative estimate of drug-likeness (QED) is 0.325. The number of aromatic nitrogens is 2. The molecule has 1 heterocycles. The number of nitrogens with zero attached hydrogens (tertiary/aromatic N) is 2. The van der Waals surface area contributed by atoms with Crippen molar-refractivity contribution in [3.05, 3.63) is 11.9 Å². The second-order valence-electron chi connectivity index (χ2n) is 5.09. The lowest BCUT2D eigenvalue weighted by Crippen LogP contribution is -2.14. The van der Waals surface area contributed by atoms with Gasteiger partial charge < -0.3 is 20.2 Å². The third kappa shape index (κ3) is 7.79. The molecule has 0 aliphatic heterocycles. The summed E-state index contributed by atoms with van der Waals surface area (Å²) in [6.45, 7) is 9.53. The summed E-state index contributed by atoms with van der Waals surface area (Å²) in [4.78, 5) is 8.61. The average molecular weight is 297 g/mol. The monoisotopic (exact) mass is 297 g/mol. The Kier molecular flexibility index (Phi) is 8.65. The summed E-state index contributed by atoms with van der Waals surface area (Å²) in [5.74, 6) is 7.88. The van der Waals surface area contributed by atoms with Crippen LogP contribution in [-0.2, 0) is 16.1 Å². The first kappa shape index (κ1) is 17.6. The van der Waals surface area contributed by atoms with Crippen molar-refractivity contribution in [3.8, 4) is 0 Å². The predicted octanol–water partition coefficient (Wildman–Crippen LogP) is 1.77. The minimum absolute atomic E-state index is 0.373. The first-order valence-corrected chi connectivity index (χ1v) is 7.39. The molecular weight excluding hydrogens is 270 g/mol. The lowest BCUT2D eigenvalue weighted by Gasteiger charge is -2.10. The van der Waals surface area contributed by atoms with Crippen LogP contribution < -0.4 is 16.6 Å². The fourth-order valence-corrected chi connectivity index (χ4v) is 1.63. The van der Waals surface area contributed by atoms with Crippen LogP contribution in [0.3, 0.4) is 0 Å². The molecule has 0 spiro atoms. The zero-order chi connectivity index (χ0) is 15.5. The summed E-state index contributed by atoms with van der Waals surface area (Å²) < 4.78 is 10.8. The third-order valence-corrected chi connectivity index (χ3v) is 2.58. The van der Waals surface area contributed by atoms with Crippen LogP contribution >= 0.6 is 0 Å². The van der Waals surface area contributed by atoms with Gasteiger partial charge in [-0.25, -0.2) is 15.8 Å². The van der Waals surface area contributed by atoms with Gasteiger partial charge >= 0.3 is 0 Å². The average Bonchev–Trinajstić information content (AvgIpc) is 2.48. The van der Waals surface area contributed by atoms with Crippen LogP contribution in [0.5, 0.6) is 0 Å². The number of hydrazine groups is 1. The number of nitrogens with two attached hydrogens (primary N) is 1. The summed E-state index contributed by atoms with van der Waals surface area (Å²) in [7, 11) is 0. The molecule has 0 radical (unpaired) electrons. The summed E-state index contributed by atoms with van der Waals surface area (Å²) in [5, 5.41) is 3.24. The summed E-state index contributed by atoms with van der Waals surface area (Å²) >= 11 is 0. The van der Waals surface area contributed by atoms with Crippen LogP contribution in [0.15, 0.2) is 6.07 Å². The maximum atomic E-state index is 5.53. The molecule has 0 aliphatic carbocycles. The molecule has 4 N–H and O–H groups in total. The van der Waals surface area contributed by atoms with E-state index in [4.69, 9.17) is 15.3 Å². The van der Waals surface area contributed by atoms with Gasteiger partial charge in [0, 0.05) is 32.4 Å². The van der Waals surface area contributed by atoms with Gasteiger partial charge in [-0.2, -0.15) is 0 Å². The van der Waals surface area contributed by atoms with E-state index in [2.05, 4.69) is 34.6 Å². The highest BCUT2D eigenvalue weighted by Crippen LogP contribution is 2.11. The van der Waals surface area contributed by atoms with Crippen molar-refractivity contribution < 1.29 is 9.47 Å². The second kappa shape index (κ2) is 10.3. The Morgan fingerprint density at radius 3 is 2.67 bits per heavy atom. The molecule has 0 aromatic carbocycles. The zero-order valence-electron chi connectivity index (χ0n) is 13.2. The molecule has 120 valence electrons. The van der Waals surface area contributed by atoms with E-state index in [0.29, 0.717) is 30.8 Å². The Hall–Kier alpha value is -1.44. The summed E-state index contributed by atoms with van der Waals surface area (Å²) in [6.07, 6.45) is 0.920. The molecule has 7 nitrogen and oxygen atoms in total. The van der Waals surface area contributed by atoms with E-state index >= 15 is 0 Å². The number of ether oxygens (including phenoxy) is 2. The number of hydrogen-bond donors (Lipinski definition) is 3. The normalized spacial score (nSPS) is 10.9. The third-order valence-electron chi connectivity index (χ3n) is 2.58. The van der Waals surface area contributed by atoms with Crippen molar-refractivity contribution >= 4 is 11.6 Å². The van der Waals surface area contributed by atoms with Gasteiger partial charge in [-0.1, -0.05) is 13.8 Å². The fraction of sp³-hybridized carbons (Fsp3) is 0.714. The van der Waals surface area contributed by atoms with Gasteiger partial charge in [0.2, 0.25) is 0 Å². The minimum atomic E-state index is 0.373. The van der Waals surface area contributed by atoms with Crippen molar-refractivity contribution in [2.75, 3.05) is 37.1 Å². The number of nitrogen functional groups attached to an aromatic ring is 1. The Morgan fingerprint density at radius 1 is 1.24 bits per heavy atom. The van der Waals surface area contributed by atoms with Crippen LogP contribution in [0, 0.1) is 5.92 Å². The molecule has 1 aromatic rings. The number of hydrogen-bond acceptors (Lipinski definition) is 7. The molecule has 0 unspecified atom stereocenters. The molecule has 0 amide bonds. The second-order valence-corrected chi connectivity index (χ2v) is 5.09. The molecule has 0 aliphatic rings. The van der Waals surface area contributed by atoms with E-state index in [9.17, 15) is 0 Å². The smallest absolute Gasteiger partial charge is 0.158 e. The standard InChI is InChI=1S/C14H27N5O2/c1-4-20-10-14-17-12(8-13(18-14)19-15)16-6-5-7-21-9-11(2)3/h8,11H,4-7,9-10,15H2,1-3H3,(H2,16,17,18,19). The van der Waals surface area contributed by atoms with Gasteiger partial charge in [-0.05, 0) is 19.3 Å². The van der Waals surface area contributed by atoms with Gasteiger partial charge in [0.15, 0.2) is 5.82 Å². The Labute approximate surface area is 126 Å². The molecular formula is C14H27N5O2. The van der Waals surface area contributed by atoms with Crippen molar-refractivity contribution in [1.82, 2.24) is 9.97 Å². The van der Waals surface area contributed by atoms with Crippen molar-refractivity contribution in [3.63, 3.8) is 0 Å². The SMILES string of the molecule is CCOCc1nc(NN)cc(NCCCOCC(C)C)n1. The lowest BCUT2D eigenvalue weighted by molar-refractivity contribution is 0.110. The largest absolute Gasteiger partial charge is 0.381 e. The minimum Gasteiger partial charge on any atom is -0.381 e. The van der Waals surface area contributed by atoms with E-state index in [-0.39, 0.29) is 0 Å². The van der Waals surface area contributed by atoms with E-state index in [1.54, 1.807) is 6.07 Å². The van der Waals surface area contributed by atoms with Crippen molar-refractivity contribution in [1.29, 1.82) is 0 Å². The van der Waals surface area contributed by atoms with Crippen LogP contribution in [0.25, 0.3) is 0 Å². The maximum absolute atomic E-state index is 5.53. The highest BCUT2D eigenvalue weighted by molar-refractivity contribution is 5.46. The van der Waals surface area contributed by atoms with Crippen molar-refractivity contribution in [2.24, 2.45) is 11.8 Å². The molecule has 0 atom stereocenters. The molecule has 21 heavy (non-hydrogen) atoms. The molecule has 0 saturated carbocycles. The molecule has 1 rings (SSSR count). The Bertz CT molecular complexity index is 401. The molecule has 0 saturated heterocycles. The van der Waals surface area contributed by atoms with E-state index in [1.165, 1.54) is 0 Å². The van der Waals surface area contributed by atoms with Crippen LogP contribution in [0.2, 0.25) is 0 Å².